The van der Waals surface area contributed by atoms with E-state index in [2.05, 4.69) is 42.9 Å². The van der Waals surface area contributed by atoms with Gasteiger partial charge in [-0.05, 0) is 40.8 Å². The minimum absolute atomic E-state index is 0.0447. The average molecular weight is 458 g/mol. The van der Waals surface area contributed by atoms with Crippen LogP contribution in [-0.4, -0.2) is 20.8 Å². The lowest BCUT2D eigenvalue weighted by molar-refractivity contribution is -0.384. The molecule has 0 aliphatic heterocycles. The number of non-ortho nitro benzene ring substituents is 1. The predicted molar refractivity (Wildman–Crippen MR) is 132 cm³/mol. The summed E-state index contributed by atoms with van der Waals surface area (Å²) < 4.78 is 1.75. The number of nitro benzene ring substituents is 1. The summed E-state index contributed by atoms with van der Waals surface area (Å²) >= 11 is 1.44. The molecule has 2 aromatic heterocycles. The quantitative estimate of drug-likeness (QED) is 0.211. The minimum atomic E-state index is -0.409. The number of hydrogen-bond donors (Lipinski definition) is 0. The normalized spacial score (nSPS) is 12.4. The second kappa shape index (κ2) is 9.30. The fraction of sp³-hybridized carbons (Fsp3) is 0.160. The first-order valence-corrected chi connectivity index (χ1v) is 11.2. The molecule has 166 valence electrons. The third kappa shape index (κ3) is 5.30. The Morgan fingerprint density at radius 3 is 2.39 bits per heavy atom. The van der Waals surface area contributed by atoms with Gasteiger partial charge in [0.1, 0.15) is 0 Å². The van der Waals surface area contributed by atoms with Crippen molar-refractivity contribution in [3.8, 4) is 11.3 Å². The van der Waals surface area contributed by atoms with Crippen LogP contribution in [0, 0.1) is 10.1 Å². The molecule has 4 rings (SSSR count). The zero-order valence-corrected chi connectivity index (χ0v) is 19.4. The van der Waals surface area contributed by atoms with E-state index in [9.17, 15) is 10.1 Å². The molecule has 0 saturated carbocycles. The van der Waals surface area contributed by atoms with Crippen LogP contribution in [0.2, 0.25) is 0 Å². The maximum Gasteiger partial charge on any atom is 0.269 e. The molecular weight excluding hydrogens is 434 g/mol. The summed E-state index contributed by atoms with van der Waals surface area (Å²) in [6.45, 7) is 6.54. The first-order valence-electron chi connectivity index (χ1n) is 10.4. The molecule has 0 aliphatic rings. The van der Waals surface area contributed by atoms with Crippen LogP contribution < -0.4 is 4.80 Å². The fourth-order valence-electron chi connectivity index (χ4n) is 3.16. The van der Waals surface area contributed by atoms with Crippen LogP contribution in [0.15, 0.2) is 88.5 Å². The van der Waals surface area contributed by atoms with Crippen molar-refractivity contribution < 1.29 is 4.92 Å². The van der Waals surface area contributed by atoms with E-state index in [1.165, 1.54) is 29.0 Å². The van der Waals surface area contributed by atoms with Crippen LogP contribution in [0.4, 0.5) is 11.4 Å². The standard InChI is InChI=1S/C25H23N5O2S/c1-25(2,3)20-10-6-18(7-11-20)15-27-29-23(19-8-12-22(13-9-19)30(31)32)17-33-24(29)28-21-5-4-14-26-16-21/h4-17H,1-3H3. The van der Waals surface area contributed by atoms with Crippen molar-refractivity contribution in [3.63, 3.8) is 0 Å². The molecule has 0 saturated heterocycles. The van der Waals surface area contributed by atoms with Crippen molar-refractivity contribution in [1.29, 1.82) is 0 Å². The lowest BCUT2D eigenvalue weighted by Gasteiger charge is -2.18. The number of aromatic nitrogens is 2. The summed E-state index contributed by atoms with van der Waals surface area (Å²) in [4.78, 5) is 20.1. The zero-order valence-electron chi connectivity index (χ0n) is 18.5. The third-order valence-corrected chi connectivity index (χ3v) is 5.85. The Bertz CT molecular complexity index is 1350. The highest BCUT2D eigenvalue weighted by atomic mass is 32.1. The zero-order chi connectivity index (χ0) is 23.4. The maximum atomic E-state index is 11.0. The second-order valence-electron chi connectivity index (χ2n) is 8.46. The van der Waals surface area contributed by atoms with Crippen LogP contribution in [0.25, 0.3) is 11.3 Å². The Balaban J connectivity index is 1.77. The summed E-state index contributed by atoms with van der Waals surface area (Å²) in [5.74, 6) is 0. The Morgan fingerprint density at radius 1 is 1.06 bits per heavy atom. The second-order valence-corrected chi connectivity index (χ2v) is 9.30. The number of nitrogens with zero attached hydrogens (tertiary/aromatic N) is 5. The van der Waals surface area contributed by atoms with Crippen LogP contribution in [0.1, 0.15) is 31.9 Å². The van der Waals surface area contributed by atoms with Crippen molar-refractivity contribution in [2.75, 3.05) is 0 Å². The first-order chi connectivity index (χ1) is 15.8. The van der Waals surface area contributed by atoms with Crippen LogP contribution in [0.5, 0.6) is 0 Å². The molecule has 2 heterocycles. The fourth-order valence-corrected chi connectivity index (χ4v) is 4.02. The summed E-state index contributed by atoms with van der Waals surface area (Å²) in [7, 11) is 0. The van der Waals surface area contributed by atoms with Crippen LogP contribution in [-0.2, 0) is 5.41 Å². The predicted octanol–water partition coefficient (Wildman–Crippen LogP) is 5.93. The number of pyridine rings is 1. The Hall–Kier alpha value is -3.91. The van der Waals surface area contributed by atoms with Crippen molar-refractivity contribution in [3.05, 3.63) is 104 Å². The Morgan fingerprint density at radius 2 is 1.79 bits per heavy atom. The third-order valence-electron chi connectivity index (χ3n) is 5.03. The number of rotatable bonds is 5. The van der Waals surface area contributed by atoms with E-state index in [-0.39, 0.29) is 11.1 Å². The lowest BCUT2D eigenvalue weighted by atomic mass is 9.87. The molecule has 0 radical (unpaired) electrons. The van der Waals surface area contributed by atoms with Gasteiger partial charge in [-0.3, -0.25) is 15.1 Å². The summed E-state index contributed by atoms with van der Waals surface area (Å²) in [6.07, 6.45) is 5.17. The van der Waals surface area contributed by atoms with Crippen molar-refractivity contribution in [2.45, 2.75) is 26.2 Å². The van der Waals surface area contributed by atoms with Gasteiger partial charge in [0.15, 0.2) is 0 Å². The van der Waals surface area contributed by atoms with Crippen molar-refractivity contribution in [1.82, 2.24) is 9.66 Å². The first kappa shape index (κ1) is 22.3. The SMILES string of the molecule is CC(C)(C)c1ccc(C=Nn2c(-c3ccc([N+](=O)[O-])cc3)csc2=Nc2cccnc2)cc1. The molecule has 0 fully saturated rings. The van der Waals surface area contributed by atoms with Gasteiger partial charge in [-0.25, -0.2) is 9.67 Å². The van der Waals surface area contributed by atoms with E-state index >= 15 is 0 Å². The van der Waals surface area contributed by atoms with Gasteiger partial charge >= 0.3 is 0 Å². The largest absolute Gasteiger partial charge is 0.269 e. The average Bonchev–Trinajstić information content (AvgIpc) is 3.20. The summed E-state index contributed by atoms with van der Waals surface area (Å²) in [5.41, 5.74) is 4.66. The maximum absolute atomic E-state index is 11.0. The molecule has 0 N–H and O–H groups in total. The van der Waals surface area contributed by atoms with Gasteiger partial charge in [-0.15, -0.1) is 11.3 Å². The van der Waals surface area contributed by atoms with Crippen LogP contribution >= 0.6 is 11.3 Å². The lowest BCUT2D eigenvalue weighted by Crippen LogP contribution is -2.12. The minimum Gasteiger partial charge on any atom is -0.262 e. The van der Waals surface area contributed by atoms with Gasteiger partial charge in [0.05, 0.1) is 28.7 Å². The smallest absolute Gasteiger partial charge is 0.262 e. The van der Waals surface area contributed by atoms with E-state index in [0.29, 0.717) is 10.5 Å². The highest BCUT2D eigenvalue weighted by molar-refractivity contribution is 7.07. The van der Waals surface area contributed by atoms with Gasteiger partial charge in [0, 0.05) is 29.3 Å². The van der Waals surface area contributed by atoms with Crippen molar-refractivity contribution in [2.24, 2.45) is 10.1 Å². The van der Waals surface area contributed by atoms with Gasteiger partial charge in [0.25, 0.3) is 5.69 Å². The molecule has 7 nitrogen and oxygen atoms in total. The molecule has 0 unspecified atom stereocenters. The van der Waals surface area contributed by atoms with E-state index in [1.807, 2.05) is 29.6 Å². The van der Waals surface area contributed by atoms with E-state index in [4.69, 9.17) is 5.10 Å². The van der Waals surface area contributed by atoms with E-state index in [0.717, 1.165) is 16.8 Å². The molecule has 4 aromatic rings. The van der Waals surface area contributed by atoms with E-state index in [1.54, 1.807) is 35.4 Å². The highest BCUT2D eigenvalue weighted by Crippen LogP contribution is 2.24. The van der Waals surface area contributed by atoms with Crippen LogP contribution in [0.3, 0.4) is 0 Å². The van der Waals surface area contributed by atoms with Gasteiger partial charge in [-0.1, -0.05) is 45.0 Å². The van der Waals surface area contributed by atoms with Gasteiger partial charge < -0.3 is 0 Å². The van der Waals surface area contributed by atoms with E-state index < -0.39 is 4.92 Å². The number of thiazole rings is 1. The highest BCUT2D eigenvalue weighted by Gasteiger charge is 2.13. The molecular formula is C25H23N5O2S. The Labute approximate surface area is 195 Å². The molecule has 33 heavy (non-hydrogen) atoms. The summed E-state index contributed by atoms with van der Waals surface area (Å²) in [6, 6.07) is 18.4. The Kier molecular flexibility index (Phi) is 6.28. The molecule has 0 bridgehead atoms. The number of hydrogen-bond acceptors (Lipinski definition) is 6. The van der Waals surface area contributed by atoms with Crippen molar-refractivity contribution >= 4 is 28.9 Å². The topological polar surface area (TPSA) is 85.7 Å². The summed E-state index contributed by atoms with van der Waals surface area (Å²) in [5, 5.41) is 17.7. The molecule has 0 aliphatic carbocycles. The molecule has 2 aromatic carbocycles. The molecule has 0 atom stereocenters. The molecule has 0 amide bonds. The number of benzene rings is 2. The molecule has 0 spiro atoms. The monoisotopic (exact) mass is 457 g/mol. The van der Waals surface area contributed by atoms with Gasteiger partial charge in [0.2, 0.25) is 4.80 Å². The number of nitro groups is 1. The van der Waals surface area contributed by atoms with Gasteiger partial charge in [-0.2, -0.15) is 5.10 Å². The molecule has 8 heteroatoms.